The van der Waals surface area contributed by atoms with Gasteiger partial charge in [-0.3, -0.25) is 0 Å². The average molecular weight is 287 g/mol. The number of hydrogen-bond donors (Lipinski definition) is 0. The molecule has 0 heterocycles. The molecule has 17 heavy (non-hydrogen) atoms. The van der Waals surface area contributed by atoms with Crippen LogP contribution in [-0.4, -0.2) is 0 Å². The zero-order valence-electron chi connectivity index (χ0n) is 9.59. The highest BCUT2D eigenvalue weighted by Crippen LogP contribution is 2.26. The van der Waals surface area contributed by atoms with E-state index in [1.807, 2.05) is 12.1 Å². The normalized spacial score (nSPS) is 12.8. The van der Waals surface area contributed by atoms with E-state index in [0.717, 1.165) is 6.42 Å². The Labute approximate surface area is 111 Å². The Morgan fingerprint density at radius 2 is 1.47 bits per heavy atom. The lowest BCUT2D eigenvalue weighted by Gasteiger charge is -2.06. The van der Waals surface area contributed by atoms with Crippen molar-refractivity contribution in [3.63, 3.8) is 0 Å². The number of allylic oxidation sites excluding steroid dienone is 1. The molecular formula is C16H15Br. The number of benzene rings is 2. The van der Waals surface area contributed by atoms with Crippen molar-refractivity contribution in [2.24, 2.45) is 0 Å². The van der Waals surface area contributed by atoms with Gasteiger partial charge >= 0.3 is 0 Å². The first-order valence-electron chi connectivity index (χ1n) is 5.77. The van der Waals surface area contributed by atoms with E-state index in [1.54, 1.807) is 0 Å². The highest BCUT2D eigenvalue weighted by molar-refractivity contribution is 9.09. The zero-order chi connectivity index (χ0) is 11.9. The van der Waals surface area contributed by atoms with Gasteiger partial charge in [0.1, 0.15) is 0 Å². The van der Waals surface area contributed by atoms with Gasteiger partial charge in [0.2, 0.25) is 0 Å². The Hall–Kier alpha value is -1.34. The Kier molecular flexibility index (Phi) is 4.57. The van der Waals surface area contributed by atoms with Crippen LogP contribution in [0.25, 0.3) is 6.08 Å². The zero-order valence-corrected chi connectivity index (χ0v) is 11.2. The fourth-order valence-electron chi connectivity index (χ4n) is 1.69. The smallest absolute Gasteiger partial charge is 0.0429 e. The fourth-order valence-corrected chi connectivity index (χ4v) is 2.21. The van der Waals surface area contributed by atoms with E-state index in [4.69, 9.17) is 0 Å². The van der Waals surface area contributed by atoms with Gasteiger partial charge in [-0.15, -0.1) is 0 Å². The maximum absolute atomic E-state index is 3.71. The minimum absolute atomic E-state index is 0.392. The lowest BCUT2D eigenvalue weighted by Crippen LogP contribution is -1.86. The monoisotopic (exact) mass is 286 g/mol. The molecule has 2 rings (SSSR count). The Bertz CT molecular complexity index is 459. The lowest BCUT2D eigenvalue weighted by molar-refractivity contribution is 0.993. The molecule has 0 N–H and O–H groups in total. The molecule has 0 aromatic heterocycles. The molecule has 0 saturated heterocycles. The molecule has 0 spiro atoms. The molecule has 0 aliphatic heterocycles. The molecule has 2 aromatic rings. The van der Waals surface area contributed by atoms with Gasteiger partial charge < -0.3 is 0 Å². The highest BCUT2D eigenvalue weighted by atomic mass is 79.9. The van der Waals surface area contributed by atoms with Crippen LogP contribution in [0.2, 0.25) is 0 Å². The maximum Gasteiger partial charge on any atom is 0.0429 e. The number of halogens is 1. The van der Waals surface area contributed by atoms with E-state index in [1.165, 1.54) is 11.1 Å². The average Bonchev–Trinajstić information content (AvgIpc) is 2.41. The predicted molar refractivity (Wildman–Crippen MR) is 78.2 cm³/mol. The van der Waals surface area contributed by atoms with Crippen molar-refractivity contribution in [3.05, 3.63) is 77.9 Å². The van der Waals surface area contributed by atoms with E-state index >= 15 is 0 Å². The van der Waals surface area contributed by atoms with Gasteiger partial charge in [0.05, 0.1) is 0 Å². The molecule has 1 atom stereocenters. The van der Waals surface area contributed by atoms with Crippen LogP contribution < -0.4 is 0 Å². The minimum atomic E-state index is 0.392. The first-order chi connectivity index (χ1) is 8.36. The molecule has 0 bridgehead atoms. The molecule has 0 fully saturated rings. The van der Waals surface area contributed by atoms with Crippen molar-refractivity contribution in [1.29, 1.82) is 0 Å². The summed E-state index contributed by atoms with van der Waals surface area (Å²) in [5.41, 5.74) is 2.57. The molecule has 1 heteroatoms. The topological polar surface area (TPSA) is 0 Å². The van der Waals surface area contributed by atoms with Crippen molar-refractivity contribution in [1.82, 2.24) is 0 Å². The first kappa shape index (κ1) is 12.1. The van der Waals surface area contributed by atoms with Gasteiger partial charge in [0, 0.05) is 4.83 Å². The number of hydrogen-bond acceptors (Lipinski definition) is 0. The molecule has 0 aliphatic rings. The third-order valence-corrected chi connectivity index (χ3v) is 3.52. The highest BCUT2D eigenvalue weighted by Gasteiger charge is 2.03. The largest absolute Gasteiger partial charge is 0.0835 e. The Balaban J connectivity index is 1.93. The van der Waals surface area contributed by atoms with Gasteiger partial charge in [-0.05, 0) is 17.5 Å². The summed E-state index contributed by atoms with van der Waals surface area (Å²) >= 11 is 3.71. The van der Waals surface area contributed by atoms with Crippen LogP contribution in [0.15, 0.2) is 66.7 Å². The summed E-state index contributed by atoms with van der Waals surface area (Å²) < 4.78 is 0. The van der Waals surface area contributed by atoms with E-state index in [-0.39, 0.29) is 0 Å². The Morgan fingerprint density at radius 3 is 2.12 bits per heavy atom. The summed E-state index contributed by atoms with van der Waals surface area (Å²) in [7, 11) is 0. The summed E-state index contributed by atoms with van der Waals surface area (Å²) in [6.07, 6.45) is 5.37. The van der Waals surface area contributed by atoms with Gasteiger partial charge in [0.25, 0.3) is 0 Å². The summed E-state index contributed by atoms with van der Waals surface area (Å²) in [5.74, 6) is 0. The van der Waals surface area contributed by atoms with Crippen LogP contribution in [0.1, 0.15) is 22.4 Å². The molecule has 1 unspecified atom stereocenters. The summed E-state index contributed by atoms with van der Waals surface area (Å²) in [5, 5.41) is 0. The second kappa shape index (κ2) is 6.41. The number of alkyl halides is 1. The van der Waals surface area contributed by atoms with Crippen molar-refractivity contribution in [2.75, 3.05) is 0 Å². The van der Waals surface area contributed by atoms with E-state index in [2.05, 4.69) is 76.6 Å². The third kappa shape index (κ3) is 3.86. The van der Waals surface area contributed by atoms with Crippen LogP contribution in [0.4, 0.5) is 0 Å². The summed E-state index contributed by atoms with van der Waals surface area (Å²) in [6.45, 7) is 0. The summed E-state index contributed by atoms with van der Waals surface area (Å²) in [4.78, 5) is 0.392. The van der Waals surface area contributed by atoms with E-state index in [9.17, 15) is 0 Å². The van der Waals surface area contributed by atoms with Crippen LogP contribution in [0, 0.1) is 0 Å². The van der Waals surface area contributed by atoms with Crippen LogP contribution in [-0.2, 0) is 0 Å². The first-order valence-corrected chi connectivity index (χ1v) is 6.68. The quantitative estimate of drug-likeness (QED) is 0.676. The molecule has 86 valence electrons. The third-order valence-electron chi connectivity index (χ3n) is 2.61. The van der Waals surface area contributed by atoms with Crippen molar-refractivity contribution in [3.8, 4) is 0 Å². The summed E-state index contributed by atoms with van der Waals surface area (Å²) in [6, 6.07) is 20.9. The predicted octanol–water partition coefficient (Wildman–Crippen LogP) is 5.23. The molecule has 0 nitrogen and oxygen atoms in total. The molecule has 0 aliphatic carbocycles. The molecular weight excluding hydrogens is 272 g/mol. The molecule has 0 saturated carbocycles. The standard InChI is InChI=1S/C16H15Br/c17-16(15-11-5-2-6-12-15)13-7-10-14-8-3-1-4-9-14/h1-12,16H,13H2/b10-7+. The molecule has 0 radical (unpaired) electrons. The molecule has 2 aromatic carbocycles. The van der Waals surface area contributed by atoms with Crippen LogP contribution in [0.3, 0.4) is 0 Å². The van der Waals surface area contributed by atoms with Crippen molar-refractivity contribution in [2.45, 2.75) is 11.2 Å². The van der Waals surface area contributed by atoms with Gasteiger partial charge in [-0.2, -0.15) is 0 Å². The van der Waals surface area contributed by atoms with Crippen LogP contribution in [0.5, 0.6) is 0 Å². The van der Waals surface area contributed by atoms with E-state index < -0.39 is 0 Å². The SMILES string of the molecule is BrC(C/C=C/c1ccccc1)c1ccccc1. The van der Waals surface area contributed by atoms with Crippen molar-refractivity contribution >= 4 is 22.0 Å². The van der Waals surface area contributed by atoms with Gasteiger partial charge in [-0.1, -0.05) is 88.7 Å². The Morgan fingerprint density at radius 1 is 0.882 bits per heavy atom. The van der Waals surface area contributed by atoms with Gasteiger partial charge in [0.15, 0.2) is 0 Å². The fraction of sp³-hybridized carbons (Fsp3) is 0.125. The van der Waals surface area contributed by atoms with Gasteiger partial charge in [-0.25, -0.2) is 0 Å². The van der Waals surface area contributed by atoms with Crippen LogP contribution >= 0.6 is 15.9 Å². The number of rotatable bonds is 4. The van der Waals surface area contributed by atoms with Crippen molar-refractivity contribution < 1.29 is 0 Å². The van der Waals surface area contributed by atoms with E-state index in [0.29, 0.717) is 4.83 Å². The lowest BCUT2D eigenvalue weighted by atomic mass is 10.1. The maximum atomic E-state index is 3.71. The molecule has 0 amide bonds. The second-order valence-electron chi connectivity index (χ2n) is 3.93. The minimum Gasteiger partial charge on any atom is -0.0835 e. The second-order valence-corrected chi connectivity index (χ2v) is 5.03.